The van der Waals surface area contributed by atoms with Crippen molar-refractivity contribution in [2.45, 2.75) is 129 Å². The van der Waals surface area contributed by atoms with Crippen LogP contribution in [0.15, 0.2) is 53.9 Å². The van der Waals surface area contributed by atoms with Gasteiger partial charge in [-0.25, -0.2) is 14.6 Å². The van der Waals surface area contributed by atoms with Crippen LogP contribution >= 0.6 is 11.3 Å². The van der Waals surface area contributed by atoms with Gasteiger partial charge in [-0.1, -0.05) is 115 Å². The van der Waals surface area contributed by atoms with Crippen molar-refractivity contribution < 1.29 is 48.0 Å². The van der Waals surface area contributed by atoms with E-state index in [1.807, 2.05) is 56.9 Å². The lowest BCUT2D eigenvalue weighted by Crippen LogP contribution is -2.59. The van der Waals surface area contributed by atoms with Crippen LogP contribution in [0.2, 0.25) is 0 Å². The number of thiazole rings is 1. The van der Waals surface area contributed by atoms with Gasteiger partial charge in [-0.3, -0.25) is 19.3 Å². The molecule has 3 amide bonds. The number of likely N-dealkylation sites (tertiary alicyclic amines) is 1. The molecule has 5 rings (SSSR count). The summed E-state index contributed by atoms with van der Waals surface area (Å²) in [5, 5.41) is 17.3. The second-order valence-corrected chi connectivity index (χ2v) is 18.9. The summed E-state index contributed by atoms with van der Waals surface area (Å²) in [6.45, 7) is 15.2. The second-order valence-electron chi connectivity index (χ2n) is 18.0. The molecule has 368 valence electrons. The van der Waals surface area contributed by atoms with Crippen molar-refractivity contribution in [3.05, 3.63) is 75.7 Å². The fourth-order valence-electron chi connectivity index (χ4n) is 9.11. The van der Waals surface area contributed by atoms with Gasteiger partial charge < -0.3 is 39.6 Å². The summed E-state index contributed by atoms with van der Waals surface area (Å²) < 4.78 is 23.0. The molecule has 3 aromatic rings. The number of unbranched alkanes of at least 4 members (excludes halogenated alkanes) is 3. The van der Waals surface area contributed by atoms with E-state index < -0.39 is 42.3 Å². The molecule has 0 saturated carbocycles. The van der Waals surface area contributed by atoms with E-state index in [-0.39, 0.29) is 48.3 Å². The van der Waals surface area contributed by atoms with Gasteiger partial charge in [0, 0.05) is 50.3 Å². The molecule has 0 radical (unpaired) electrons. The predicted molar refractivity (Wildman–Crippen MR) is 258 cm³/mol. The number of aromatic nitrogens is 1. The molecule has 1 saturated heterocycles. The van der Waals surface area contributed by atoms with E-state index in [0.717, 1.165) is 67.5 Å². The highest BCUT2D eigenvalue weighted by molar-refractivity contribution is 7.09. The van der Waals surface area contributed by atoms with Crippen molar-refractivity contribution in [3.63, 3.8) is 0 Å². The van der Waals surface area contributed by atoms with E-state index in [2.05, 4.69) is 51.7 Å². The zero-order chi connectivity index (χ0) is 48.3. The summed E-state index contributed by atoms with van der Waals surface area (Å²) in [5.74, 6) is -2.30. The quantitative estimate of drug-likeness (QED) is 0.0469. The van der Waals surface area contributed by atoms with Gasteiger partial charge in [0.1, 0.15) is 17.7 Å². The second kappa shape index (κ2) is 27.2. The smallest absolute Gasteiger partial charge is 0.407 e. The predicted octanol–water partition coefficient (Wildman–Crippen LogP) is 8.23. The molecule has 1 aliphatic heterocycles. The van der Waals surface area contributed by atoms with Crippen molar-refractivity contribution in [1.82, 2.24) is 25.4 Å². The largest absolute Gasteiger partial charge is 0.476 e. The highest BCUT2D eigenvalue weighted by atomic mass is 32.1. The number of carboxylic acids is 1. The minimum Gasteiger partial charge on any atom is -0.476 e. The average molecular weight is 948 g/mol. The molecule has 2 aromatic carbocycles. The number of carbonyl (C=O) groups excluding carboxylic acids is 4. The number of carboxylic acid groups (broad SMARTS) is 1. The SMILES string of the molecule is CCCCCCN(C(=O)[C@@H](NC(=O)[C@H]1CCCCN1CCOCCOCCNC(=O)OCC1c2ccccc2-c2ccccc21)[C@@H](C)CC)[C@H](C[C@@H](OC(C)=O)c1nc(C(=O)O)cs1)C(C)C. The van der Waals surface area contributed by atoms with Crippen molar-refractivity contribution in [1.29, 1.82) is 0 Å². The molecular formula is C51H73N5O10S. The number of nitrogens with one attached hydrogen (secondary N) is 2. The fourth-order valence-corrected chi connectivity index (χ4v) is 9.94. The lowest BCUT2D eigenvalue weighted by Gasteiger charge is -2.40. The summed E-state index contributed by atoms with van der Waals surface area (Å²) in [6, 6.07) is 14.8. The Morgan fingerprint density at radius 3 is 2.22 bits per heavy atom. The maximum absolute atomic E-state index is 15.0. The van der Waals surface area contributed by atoms with Gasteiger partial charge in [0.25, 0.3) is 0 Å². The van der Waals surface area contributed by atoms with E-state index in [1.54, 1.807) is 0 Å². The summed E-state index contributed by atoms with van der Waals surface area (Å²) in [5.41, 5.74) is 4.55. The van der Waals surface area contributed by atoms with Crippen LogP contribution in [-0.4, -0.2) is 127 Å². The molecule has 5 atom stereocenters. The molecule has 2 heterocycles. The number of carbonyl (C=O) groups is 5. The van der Waals surface area contributed by atoms with Crippen molar-refractivity contribution in [2.75, 3.05) is 59.2 Å². The van der Waals surface area contributed by atoms with Gasteiger partial charge in [-0.2, -0.15) is 0 Å². The Kier molecular flexibility index (Phi) is 21.5. The van der Waals surface area contributed by atoms with Gasteiger partial charge in [-0.15, -0.1) is 11.3 Å². The number of rotatable bonds is 28. The zero-order valence-electron chi connectivity index (χ0n) is 40.3. The molecule has 1 aromatic heterocycles. The number of nitrogens with zero attached hydrogens (tertiary/aromatic N) is 3. The first-order chi connectivity index (χ1) is 32.3. The van der Waals surface area contributed by atoms with E-state index in [0.29, 0.717) is 63.9 Å². The van der Waals surface area contributed by atoms with Gasteiger partial charge in [0.15, 0.2) is 11.8 Å². The first kappa shape index (κ1) is 53.1. The molecular weight excluding hydrogens is 875 g/mol. The monoisotopic (exact) mass is 948 g/mol. The fraction of sp³-hybridized carbons (Fsp3) is 0.608. The molecule has 1 aliphatic carbocycles. The number of benzene rings is 2. The Hall–Kier alpha value is -4.90. The molecule has 15 nitrogen and oxygen atoms in total. The lowest BCUT2D eigenvalue weighted by molar-refractivity contribution is -0.149. The van der Waals surface area contributed by atoms with Crippen LogP contribution in [0.5, 0.6) is 0 Å². The van der Waals surface area contributed by atoms with Crippen LogP contribution in [0.3, 0.4) is 0 Å². The molecule has 16 heteroatoms. The van der Waals surface area contributed by atoms with E-state index in [1.165, 1.54) is 23.4 Å². The number of aromatic carboxylic acids is 1. The van der Waals surface area contributed by atoms with Crippen LogP contribution in [0.4, 0.5) is 4.79 Å². The minimum atomic E-state index is -1.17. The average Bonchev–Trinajstić information content (AvgIpc) is 3.95. The van der Waals surface area contributed by atoms with Crippen molar-refractivity contribution in [3.8, 4) is 11.1 Å². The maximum atomic E-state index is 15.0. The number of alkyl carbamates (subject to hydrolysis) is 1. The highest BCUT2D eigenvalue weighted by Gasteiger charge is 2.39. The van der Waals surface area contributed by atoms with Crippen LogP contribution in [0.25, 0.3) is 11.1 Å². The highest BCUT2D eigenvalue weighted by Crippen LogP contribution is 2.44. The molecule has 1 fully saturated rings. The molecule has 0 unspecified atom stereocenters. The third-order valence-electron chi connectivity index (χ3n) is 12.9. The van der Waals surface area contributed by atoms with Crippen molar-refractivity contribution >= 4 is 41.2 Å². The van der Waals surface area contributed by atoms with E-state index in [9.17, 15) is 29.1 Å². The topological polar surface area (TPSA) is 186 Å². The Morgan fingerprint density at radius 2 is 1.60 bits per heavy atom. The van der Waals surface area contributed by atoms with Crippen LogP contribution in [-0.2, 0) is 33.3 Å². The van der Waals surface area contributed by atoms with Crippen LogP contribution < -0.4 is 10.6 Å². The molecule has 67 heavy (non-hydrogen) atoms. The van der Waals surface area contributed by atoms with Crippen molar-refractivity contribution in [2.24, 2.45) is 11.8 Å². The third kappa shape index (κ3) is 15.3. The number of hydrogen-bond donors (Lipinski definition) is 3. The van der Waals surface area contributed by atoms with Gasteiger partial charge >= 0.3 is 18.0 Å². The Labute approximate surface area is 400 Å². The number of hydrogen-bond acceptors (Lipinski definition) is 12. The summed E-state index contributed by atoms with van der Waals surface area (Å²) >= 11 is 1.11. The standard InChI is InChI=1S/C51H73N5O10S/c1-7-9-10-16-25-56(44(34(3)4)31-45(66-36(6)57)48-53-42(33-67-48)50(60)61)49(59)46(35(5)8-2)54-47(58)43-22-15-17-24-55(43)26-28-64-30-29-63-27-23-52-51(62)65-32-41-39-20-13-11-18-37(39)38-19-12-14-21-40(38)41/h11-14,18-21,33-35,41,43-46H,7-10,15-17,22-32H2,1-6H3,(H,52,62)(H,54,58)(H,60,61)/t35-,43+,44+,45+,46-/m0/s1. The Morgan fingerprint density at radius 1 is 0.910 bits per heavy atom. The first-order valence-electron chi connectivity index (χ1n) is 24.3. The Balaban J connectivity index is 1.10. The Bertz CT molecular complexity index is 2020. The van der Waals surface area contributed by atoms with Gasteiger partial charge in [0.05, 0.1) is 32.5 Å². The number of amides is 3. The van der Waals surface area contributed by atoms with E-state index in [4.69, 9.17) is 18.9 Å². The molecule has 0 bridgehead atoms. The normalized spacial score (nSPS) is 16.6. The van der Waals surface area contributed by atoms with Crippen LogP contribution in [0.1, 0.15) is 138 Å². The number of esters is 1. The lowest BCUT2D eigenvalue weighted by atomic mass is 9.91. The summed E-state index contributed by atoms with van der Waals surface area (Å²) in [6.07, 6.45) is 5.80. The molecule has 2 aliphatic rings. The third-order valence-corrected chi connectivity index (χ3v) is 13.9. The molecule has 3 N–H and O–H groups in total. The zero-order valence-corrected chi connectivity index (χ0v) is 41.2. The number of ether oxygens (including phenoxy) is 4. The van der Waals surface area contributed by atoms with Crippen LogP contribution in [0, 0.1) is 11.8 Å². The van der Waals surface area contributed by atoms with E-state index >= 15 is 0 Å². The van der Waals surface area contributed by atoms with Gasteiger partial charge in [0.2, 0.25) is 11.8 Å². The minimum absolute atomic E-state index is 0.00738. The first-order valence-corrected chi connectivity index (χ1v) is 25.2. The number of fused-ring (bicyclic) bond motifs is 3. The maximum Gasteiger partial charge on any atom is 0.407 e. The molecule has 0 spiro atoms. The van der Waals surface area contributed by atoms with Gasteiger partial charge in [-0.05, 0) is 59.9 Å². The summed E-state index contributed by atoms with van der Waals surface area (Å²) in [7, 11) is 0. The number of piperidine rings is 1. The summed E-state index contributed by atoms with van der Waals surface area (Å²) in [4.78, 5) is 74.0.